The third-order valence-electron chi connectivity index (χ3n) is 11.3. The van der Waals surface area contributed by atoms with E-state index in [9.17, 15) is 0 Å². The van der Waals surface area contributed by atoms with E-state index in [1.807, 2.05) is 11.3 Å². The highest BCUT2D eigenvalue weighted by Gasteiger charge is 2.19. The predicted octanol–water partition coefficient (Wildman–Crippen LogP) is 14.1. The van der Waals surface area contributed by atoms with Gasteiger partial charge in [0.1, 0.15) is 5.82 Å². The number of imidazole rings is 1. The minimum absolute atomic E-state index is 0.926. The van der Waals surface area contributed by atoms with E-state index in [0.717, 1.165) is 33.8 Å². The van der Waals surface area contributed by atoms with E-state index in [0.29, 0.717) is 0 Å². The molecule has 0 spiro atoms. The van der Waals surface area contributed by atoms with E-state index in [1.165, 1.54) is 74.6 Å². The fourth-order valence-corrected chi connectivity index (χ4v) is 9.79. The lowest BCUT2D eigenvalue weighted by Gasteiger charge is -2.13. The first-order valence-electron chi connectivity index (χ1n) is 18.7. The standard InChI is InChI=1S/C51H31N3S/c1-2-11-35-29-39(25-17-32(35)9-1)54-45-15-7-6-14-44(45)52-51(54)34-18-23-38(24-19-34)53-46-27-21-33-10-3-4-12-40(33)50(46)42-26-20-37(31-47(42)53)36-22-28-49-43(30-36)41-13-5-8-16-48(41)55-49/h1-31H. The number of hydrogen-bond acceptors (Lipinski definition) is 2. The molecule has 0 aliphatic carbocycles. The van der Waals surface area contributed by atoms with E-state index in [1.54, 1.807) is 0 Å². The summed E-state index contributed by atoms with van der Waals surface area (Å²) >= 11 is 1.86. The maximum Gasteiger partial charge on any atom is 0.145 e. The highest BCUT2D eigenvalue weighted by molar-refractivity contribution is 7.25. The SMILES string of the molecule is c1ccc2cc(-n3c(-c4ccc(-n5c6cc(-c7ccc8sc9ccccc9c8c7)ccc6c6c7ccccc7ccc65)cc4)nc4ccccc43)ccc2c1. The molecule has 0 saturated heterocycles. The van der Waals surface area contributed by atoms with Crippen LogP contribution in [0.5, 0.6) is 0 Å². The monoisotopic (exact) mass is 717 g/mol. The van der Waals surface area contributed by atoms with Crippen molar-refractivity contribution in [2.45, 2.75) is 0 Å². The number of nitrogens with zero attached hydrogens (tertiary/aromatic N) is 3. The third-order valence-corrected chi connectivity index (χ3v) is 12.5. The molecule has 12 aromatic rings. The summed E-state index contributed by atoms with van der Waals surface area (Å²) in [7, 11) is 0. The van der Waals surface area contributed by atoms with Gasteiger partial charge in [0.25, 0.3) is 0 Å². The van der Waals surface area contributed by atoms with Crippen molar-refractivity contribution in [1.29, 1.82) is 0 Å². The molecule has 0 bridgehead atoms. The van der Waals surface area contributed by atoms with Crippen LogP contribution in [0.1, 0.15) is 0 Å². The predicted molar refractivity (Wildman–Crippen MR) is 234 cm³/mol. The van der Waals surface area contributed by atoms with Crippen molar-refractivity contribution in [3.63, 3.8) is 0 Å². The van der Waals surface area contributed by atoms with Gasteiger partial charge < -0.3 is 4.57 Å². The zero-order valence-electron chi connectivity index (χ0n) is 29.6. The van der Waals surface area contributed by atoms with Gasteiger partial charge in [-0.2, -0.15) is 0 Å². The van der Waals surface area contributed by atoms with Crippen LogP contribution in [0.2, 0.25) is 0 Å². The Labute approximate surface area is 320 Å². The number of aromatic nitrogens is 3. The quantitative estimate of drug-likeness (QED) is 0.178. The number of rotatable bonds is 4. The van der Waals surface area contributed by atoms with E-state index in [2.05, 4.69) is 197 Å². The van der Waals surface area contributed by atoms with Crippen LogP contribution in [0.3, 0.4) is 0 Å². The minimum Gasteiger partial charge on any atom is -0.309 e. The summed E-state index contributed by atoms with van der Waals surface area (Å²) in [6.45, 7) is 0. The first-order chi connectivity index (χ1) is 27.2. The van der Waals surface area contributed by atoms with Crippen molar-refractivity contribution in [2.24, 2.45) is 0 Å². The molecule has 55 heavy (non-hydrogen) atoms. The Hall–Kier alpha value is -7.01. The second-order valence-corrected chi connectivity index (χ2v) is 15.5. The van der Waals surface area contributed by atoms with Crippen molar-refractivity contribution < 1.29 is 0 Å². The Bertz CT molecular complexity index is 3490. The van der Waals surface area contributed by atoms with Gasteiger partial charge in [0, 0.05) is 47.9 Å². The molecule has 3 heterocycles. The number of benzene rings is 9. The van der Waals surface area contributed by atoms with Gasteiger partial charge in [-0.05, 0) is 112 Å². The Kier molecular flexibility index (Phi) is 6.50. The highest BCUT2D eigenvalue weighted by atomic mass is 32.1. The molecule has 0 aliphatic heterocycles. The summed E-state index contributed by atoms with van der Waals surface area (Å²) < 4.78 is 7.38. The molecule has 0 saturated carbocycles. The molecular weight excluding hydrogens is 687 g/mol. The summed E-state index contributed by atoms with van der Waals surface area (Å²) in [6, 6.07) is 68.5. The molecule has 9 aromatic carbocycles. The van der Waals surface area contributed by atoms with Gasteiger partial charge in [0.15, 0.2) is 0 Å². The lowest BCUT2D eigenvalue weighted by atomic mass is 10.00. The van der Waals surface area contributed by atoms with Crippen LogP contribution in [0.4, 0.5) is 0 Å². The smallest absolute Gasteiger partial charge is 0.145 e. The van der Waals surface area contributed by atoms with Gasteiger partial charge >= 0.3 is 0 Å². The van der Waals surface area contributed by atoms with E-state index >= 15 is 0 Å². The fourth-order valence-electron chi connectivity index (χ4n) is 8.71. The van der Waals surface area contributed by atoms with E-state index in [-0.39, 0.29) is 0 Å². The molecule has 12 rings (SSSR count). The van der Waals surface area contributed by atoms with Crippen LogP contribution in [0.15, 0.2) is 188 Å². The zero-order chi connectivity index (χ0) is 36.0. The average molecular weight is 718 g/mol. The Morgan fingerprint density at radius 1 is 0.364 bits per heavy atom. The number of fused-ring (bicyclic) bond motifs is 10. The molecule has 0 aliphatic rings. The van der Waals surface area contributed by atoms with Gasteiger partial charge in [-0.3, -0.25) is 4.57 Å². The average Bonchev–Trinajstić information content (AvgIpc) is 3.93. The molecule has 3 nitrogen and oxygen atoms in total. The molecule has 0 unspecified atom stereocenters. The first-order valence-corrected chi connectivity index (χ1v) is 19.5. The molecule has 4 heteroatoms. The van der Waals surface area contributed by atoms with Crippen molar-refractivity contribution in [2.75, 3.05) is 0 Å². The summed E-state index contributed by atoms with van der Waals surface area (Å²) in [4.78, 5) is 5.20. The summed E-state index contributed by atoms with van der Waals surface area (Å²) in [6.07, 6.45) is 0. The summed E-state index contributed by atoms with van der Waals surface area (Å²) in [5, 5.41) is 10.1. The molecule has 256 valence electrons. The maximum atomic E-state index is 5.20. The fraction of sp³-hybridized carbons (Fsp3) is 0. The van der Waals surface area contributed by atoms with Gasteiger partial charge in [-0.25, -0.2) is 4.98 Å². The Morgan fingerprint density at radius 2 is 1.04 bits per heavy atom. The highest BCUT2D eigenvalue weighted by Crippen LogP contribution is 2.41. The lowest BCUT2D eigenvalue weighted by Crippen LogP contribution is -1.99. The molecule has 0 N–H and O–H groups in total. The van der Waals surface area contributed by atoms with Gasteiger partial charge in [-0.15, -0.1) is 11.3 Å². The minimum atomic E-state index is 0.926. The molecular formula is C51H31N3S. The molecule has 0 radical (unpaired) electrons. The normalized spacial score (nSPS) is 12.0. The van der Waals surface area contributed by atoms with E-state index in [4.69, 9.17) is 4.98 Å². The zero-order valence-corrected chi connectivity index (χ0v) is 30.5. The van der Waals surface area contributed by atoms with Gasteiger partial charge in [-0.1, -0.05) is 109 Å². The van der Waals surface area contributed by atoms with Crippen LogP contribution in [0, 0.1) is 0 Å². The van der Waals surface area contributed by atoms with Crippen molar-refractivity contribution in [1.82, 2.24) is 14.1 Å². The molecule has 0 fully saturated rings. The molecule has 3 aromatic heterocycles. The van der Waals surface area contributed by atoms with Crippen LogP contribution >= 0.6 is 11.3 Å². The Morgan fingerprint density at radius 3 is 1.95 bits per heavy atom. The summed E-state index contributed by atoms with van der Waals surface area (Å²) in [5.41, 5.74) is 10.2. The summed E-state index contributed by atoms with van der Waals surface area (Å²) in [5.74, 6) is 0.926. The van der Waals surface area contributed by atoms with Gasteiger partial charge in [0.2, 0.25) is 0 Å². The van der Waals surface area contributed by atoms with Crippen LogP contribution < -0.4 is 0 Å². The molecule has 0 amide bonds. The first kappa shape index (κ1) is 30.5. The third kappa shape index (κ3) is 4.65. The van der Waals surface area contributed by atoms with Crippen LogP contribution in [-0.4, -0.2) is 14.1 Å². The van der Waals surface area contributed by atoms with Crippen molar-refractivity contribution in [3.8, 4) is 33.9 Å². The number of para-hydroxylation sites is 2. The van der Waals surface area contributed by atoms with Crippen molar-refractivity contribution >= 4 is 85.9 Å². The largest absolute Gasteiger partial charge is 0.309 e. The van der Waals surface area contributed by atoms with E-state index < -0.39 is 0 Å². The van der Waals surface area contributed by atoms with Crippen LogP contribution in [0.25, 0.3) is 108 Å². The lowest BCUT2D eigenvalue weighted by molar-refractivity contribution is 1.10. The second-order valence-electron chi connectivity index (χ2n) is 14.4. The molecule has 0 atom stereocenters. The van der Waals surface area contributed by atoms with Gasteiger partial charge in [0.05, 0.1) is 22.1 Å². The Balaban J connectivity index is 1.05. The van der Waals surface area contributed by atoms with Crippen molar-refractivity contribution in [3.05, 3.63) is 188 Å². The topological polar surface area (TPSA) is 22.8 Å². The number of hydrogen-bond donors (Lipinski definition) is 0. The second kappa shape index (κ2) is 11.7. The number of thiophene rings is 1. The maximum absolute atomic E-state index is 5.20. The van der Waals surface area contributed by atoms with Crippen LogP contribution in [-0.2, 0) is 0 Å².